The van der Waals surface area contributed by atoms with Crippen molar-refractivity contribution in [3.8, 4) is 0 Å². The maximum Gasteiger partial charge on any atom is 0.292 e. The molecule has 5 heteroatoms. The van der Waals surface area contributed by atoms with E-state index < -0.39 is 11.7 Å². The molecule has 0 radical (unpaired) electrons. The van der Waals surface area contributed by atoms with Crippen LogP contribution in [-0.2, 0) is 9.53 Å². The Hall–Kier alpha value is -1.72. The van der Waals surface area contributed by atoms with Crippen LogP contribution in [0.1, 0.15) is 29.8 Å². The number of amides is 1. The van der Waals surface area contributed by atoms with Crippen LogP contribution in [0.4, 0.5) is 0 Å². The van der Waals surface area contributed by atoms with Gasteiger partial charge in [-0.05, 0) is 12.8 Å². The number of nitrogens with zero attached hydrogens (tertiary/aromatic N) is 1. The summed E-state index contributed by atoms with van der Waals surface area (Å²) < 4.78 is 5.38. The molecule has 1 heterocycles. The molecule has 0 saturated carbocycles. The molecule has 2 rings (SSSR count). The highest BCUT2D eigenvalue weighted by molar-refractivity contribution is 6.42. The van der Waals surface area contributed by atoms with Crippen LogP contribution in [0.5, 0.6) is 0 Å². The van der Waals surface area contributed by atoms with Crippen LogP contribution >= 0.6 is 0 Å². The van der Waals surface area contributed by atoms with Crippen LogP contribution in [0, 0.1) is 12.8 Å². The Balaban J connectivity index is 1.92. The van der Waals surface area contributed by atoms with Crippen LogP contribution in [0.3, 0.4) is 0 Å². The molecule has 1 aromatic carbocycles. The van der Waals surface area contributed by atoms with Crippen molar-refractivity contribution in [3.63, 3.8) is 0 Å². The molecule has 1 atom stereocenters. The normalized spacial score (nSPS) is 17.0. The van der Waals surface area contributed by atoms with Gasteiger partial charge >= 0.3 is 0 Å². The van der Waals surface area contributed by atoms with Gasteiger partial charge in [-0.3, -0.25) is 14.5 Å². The molecule has 1 unspecified atom stereocenters. The predicted molar refractivity (Wildman–Crippen MR) is 89.5 cm³/mol. The van der Waals surface area contributed by atoms with Gasteiger partial charge in [0.15, 0.2) is 0 Å². The van der Waals surface area contributed by atoms with E-state index in [0.717, 1.165) is 31.9 Å². The van der Waals surface area contributed by atoms with Crippen LogP contribution in [-0.4, -0.2) is 55.5 Å². The molecule has 1 aliphatic rings. The van der Waals surface area contributed by atoms with Crippen LogP contribution < -0.4 is 5.32 Å². The van der Waals surface area contributed by atoms with Gasteiger partial charge in [-0.2, -0.15) is 0 Å². The maximum atomic E-state index is 12.2. The lowest BCUT2D eigenvalue weighted by molar-refractivity contribution is -0.117. The summed E-state index contributed by atoms with van der Waals surface area (Å²) >= 11 is 0. The molecule has 1 aromatic rings. The Kier molecular flexibility index (Phi) is 6.30. The standard InChI is InChI=1S/C18H26N2O3/c1-13(2)16(20-8-10-23-11-9-20)12-19-18(22)17(21)15-6-4-14(3)5-7-15/h4-7,13,16H,8-12H2,1-3H3,(H,19,22). The van der Waals surface area contributed by atoms with Crippen LogP contribution in [0.15, 0.2) is 24.3 Å². The second-order valence-electron chi connectivity index (χ2n) is 6.36. The minimum atomic E-state index is -0.534. The lowest BCUT2D eigenvalue weighted by Crippen LogP contribution is -2.51. The Morgan fingerprint density at radius 3 is 2.35 bits per heavy atom. The number of morpholine rings is 1. The Morgan fingerprint density at radius 2 is 1.78 bits per heavy atom. The number of Topliss-reactive ketones (excluding diaryl/α,β-unsaturated/α-hetero) is 1. The molecule has 1 amide bonds. The number of hydrogen-bond acceptors (Lipinski definition) is 4. The van der Waals surface area contributed by atoms with Gasteiger partial charge in [0.1, 0.15) is 0 Å². The van der Waals surface area contributed by atoms with Gasteiger partial charge in [0.25, 0.3) is 5.91 Å². The molecule has 1 saturated heterocycles. The molecule has 1 N–H and O–H groups in total. The number of carbonyl (C=O) groups is 2. The van der Waals surface area contributed by atoms with Crippen molar-refractivity contribution in [2.75, 3.05) is 32.8 Å². The van der Waals surface area contributed by atoms with Crippen LogP contribution in [0.2, 0.25) is 0 Å². The van der Waals surface area contributed by atoms with Crippen molar-refractivity contribution in [1.82, 2.24) is 10.2 Å². The van der Waals surface area contributed by atoms with Crippen molar-refractivity contribution < 1.29 is 14.3 Å². The summed E-state index contributed by atoms with van der Waals surface area (Å²) in [6.45, 7) is 9.87. The molecule has 0 aliphatic carbocycles. The number of rotatable bonds is 6. The molecule has 0 spiro atoms. The fourth-order valence-electron chi connectivity index (χ4n) is 2.81. The summed E-state index contributed by atoms with van der Waals surface area (Å²) in [7, 11) is 0. The molecular weight excluding hydrogens is 292 g/mol. The Bertz CT molecular complexity index is 534. The molecule has 0 aromatic heterocycles. The second kappa shape index (κ2) is 8.22. The first kappa shape index (κ1) is 17.6. The molecule has 126 valence electrons. The van der Waals surface area contributed by atoms with E-state index in [2.05, 4.69) is 24.1 Å². The van der Waals surface area contributed by atoms with Gasteiger partial charge in [-0.1, -0.05) is 43.7 Å². The summed E-state index contributed by atoms with van der Waals surface area (Å²) in [6, 6.07) is 7.28. The van der Waals surface area contributed by atoms with Gasteiger partial charge < -0.3 is 10.1 Å². The zero-order valence-corrected chi connectivity index (χ0v) is 14.2. The van der Waals surface area contributed by atoms with Gasteiger partial charge in [0.2, 0.25) is 5.78 Å². The quantitative estimate of drug-likeness (QED) is 0.640. The van der Waals surface area contributed by atoms with Gasteiger partial charge in [0, 0.05) is 31.2 Å². The minimum absolute atomic E-state index is 0.216. The molecule has 1 fully saturated rings. The third-order valence-electron chi connectivity index (χ3n) is 4.28. The van der Waals surface area contributed by atoms with E-state index in [0.29, 0.717) is 18.0 Å². The van der Waals surface area contributed by atoms with Gasteiger partial charge in [-0.25, -0.2) is 0 Å². The van der Waals surface area contributed by atoms with Gasteiger partial charge in [0.05, 0.1) is 13.2 Å². The number of aryl methyl sites for hydroxylation is 1. The van der Waals surface area contributed by atoms with Crippen molar-refractivity contribution in [1.29, 1.82) is 0 Å². The van der Waals surface area contributed by atoms with Gasteiger partial charge in [-0.15, -0.1) is 0 Å². The number of carbonyl (C=O) groups excluding carboxylic acids is 2. The largest absolute Gasteiger partial charge is 0.379 e. The zero-order chi connectivity index (χ0) is 16.8. The monoisotopic (exact) mass is 318 g/mol. The molecule has 0 bridgehead atoms. The molecular formula is C18H26N2O3. The van der Waals surface area contributed by atoms with Crippen LogP contribution in [0.25, 0.3) is 0 Å². The number of ether oxygens (including phenoxy) is 1. The predicted octanol–water partition coefficient (Wildman–Crippen LogP) is 1.65. The van der Waals surface area contributed by atoms with E-state index in [1.165, 1.54) is 0 Å². The summed E-state index contributed by atoms with van der Waals surface area (Å²) in [6.07, 6.45) is 0. The van der Waals surface area contributed by atoms with E-state index in [-0.39, 0.29) is 6.04 Å². The third kappa shape index (κ3) is 4.88. The topological polar surface area (TPSA) is 58.6 Å². The van der Waals surface area contributed by atoms with E-state index in [1.807, 2.05) is 19.1 Å². The number of hydrogen-bond donors (Lipinski definition) is 1. The van der Waals surface area contributed by atoms with Crippen molar-refractivity contribution in [2.24, 2.45) is 5.92 Å². The average molecular weight is 318 g/mol. The Morgan fingerprint density at radius 1 is 1.17 bits per heavy atom. The third-order valence-corrected chi connectivity index (χ3v) is 4.28. The highest BCUT2D eigenvalue weighted by Gasteiger charge is 2.25. The van der Waals surface area contributed by atoms with E-state index in [4.69, 9.17) is 4.74 Å². The molecule has 23 heavy (non-hydrogen) atoms. The van der Waals surface area contributed by atoms with Crippen molar-refractivity contribution in [2.45, 2.75) is 26.8 Å². The SMILES string of the molecule is Cc1ccc(C(=O)C(=O)NCC(C(C)C)N2CCOCC2)cc1. The molecule has 5 nitrogen and oxygen atoms in total. The first-order valence-electron chi connectivity index (χ1n) is 8.20. The maximum absolute atomic E-state index is 12.2. The first-order chi connectivity index (χ1) is 11.0. The highest BCUT2D eigenvalue weighted by atomic mass is 16.5. The fraction of sp³-hybridized carbons (Fsp3) is 0.556. The number of benzene rings is 1. The lowest BCUT2D eigenvalue weighted by Gasteiger charge is -2.36. The first-order valence-corrected chi connectivity index (χ1v) is 8.20. The van der Waals surface area contributed by atoms with Crippen molar-refractivity contribution in [3.05, 3.63) is 35.4 Å². The smallest absolute Gasteiger partial charge is 0.292 e. The fourth-order valence-corrected chi connectivity index (χ4v) is 2.81. The van der Waals surface area contributed by atoms with E-state index in [9.17, 15) is 9.59 Å². The Labute approximate surface area is 138 Å². The lowest BCUT2D eigenvalue weighted by atomic mass is 10.0. The molecule has 1 aliphatic heterocycles. The second-order valence-corrected chi connectivity index (χ2v) is 6.36. The van der Waals surface area contributed by atoms with E-state index in [1.54, 1.807) is 12.1 Å². The van der Waals surface area contributed by atoms with Crippen molar-refractivity contribution >= 4 is 11.7 Å². The highest BCUT2D eigenvalue weighted by Crippen LogP contribution is 2.12. The summed E-state index contributed by atoms with van der Waals surface area (Å²) in [5.74, 6) is -0.620. The number of ketones is 1. The number of nitrogens with one attached hydrogen (secondary N) is 1. The average Bonchev–Trinajstić information content (AvgIpc) is 2.55. The zero-order valence-electron chi connectivity index (χ0n) is 14.2. The summed E-state index contributed by atoms with van der Waals surface area (Å²) in [4.78, 5) is 26.6. The van der Waals surface area contributed by atoms with E-state index >= 15 is 0 Å². The minimum Gasteiger partial charge on any atom is -0.379 e. The summed E-state index contributed by atoms with van der Waals surface area (Å²) in [5, 5.41) is 2.80. The summed E-state index contributed by atoms with van der Waals surface area (Å²) in [5.41, 5.74) is 1.50.